The van der Waals surface area contributed by atoms with E-state index < -0.39 is 0 Å². The number of ether oxygens (including phenoxy) is 4. The fourth-order valence-electron chi connectivity index (χ4n) is 1.26. The van der Waals surface area contributed by atoms with Crippen LogP contribution in [0.1, 0.15) is 5.56 Å². The topological polar surface area (TPSA) is 49.8 Å². The zero-order valence-electron chi connectivity index (χ0n) is 11.1. The summed E-state index contributed by atoms with van der Waals surface area (Å²) in [5.74, 6) is 0. The van der Waals surface area contributed by atoms with E-state index in [1.54, 1.807) is 13.3 Å². The van der Waals surface area contributed by atoms with Crippen LogP contribution < -0.4 is 0 Å². The summed E-state index contributed by atoms with van der Waals surface area (Å²) in [6.45, 7) is 4.06. The highest BCUT2D eigenvalue weighted by atomic mass is 79.9. The summed E-state index contributed by atoms with van der Waals surface area (Å²) < 4.78 is 21.8. The Kier molecular flexibility index (Phi) is 9.84. The van der Waals surface area contributed by atoms with Crippen LogP contribution in [0.25, 0.3) is 0 Å². The van der Waals surface area contributed by atoms with E-state index in [-0.39, 0.29) is 0 Å². The summed E-state index contributed by atoms with van der Waals surface area (Å²) in [6, 6.07) is 3.87. The Morgan fingerprint density at radius 2 is 1.58 bits per heavy atom. The van der Waals surface area contributed by atoms with Gasteiger partial charge in [0.05, 0.1) is 46.2 Å². The maximum Gasteiger partial charge on any atom is 0.106 e. The summed E-state index contributed by atoms with van der Waals surface area (Å²) >= 11 is 3.29. The van der Waals surface area contributed by atoms with Gasteiger partial charge in [-0.15, -0.1) is 0 Å². The highest BCUT2D eigenvalue weighted by molar-refractivity contribution is 9.10. The molecule has 1 aromatic rings. The van der Waals surface area contributed by atoms with Gasteiger partial charge in [0.25, 0.3) is 0 Å². The largest absolute Gasteiger partial charge is 0.382 e. The molecule has 0 unspecified atom stereocenters. The van der Waals surface area contributed by atoms with Crippen molar-refractivity contribution in [2.75, 3.05) is 46.8 Å². The molecule has 1 rings (SSSR count). The van der Waals surface area contributed by atoms with E-state index in [4.69, 9.17) is 18.9 Å². The monoisotopic (exact) mass is 333 g/mol. The molecule has 0 bridgehead atoms. The first-order valence-electron chi connectivity index (χ1n) is 6.15. The molecule has 19 heavy (non-hydrogen) atoms. The lowest BCUT2D eigenvalue weighted by molar-refractivity contribution is 0.000837. The maximum atomic E-state index is 5.46. The van der Waals surface area contributed by atoms with Crippen molar-refractivity contribution in [1.29, 1.82) is 0 Å². The zero-order chi connectivity index (χ0) is 13.8. The minimum absolute atomic E-state index is 0.550. The Labute approximate surface area is 122 Å². The smallest absolute Gasteiger partial charge is 0.106 e. The van der Waals surface area contributed by atoms with Gasteiger partial charge in [-0.3, -0.25) is 0 Å². The van der Waals surface area contributed by atoms with E-state index in [0.717, 1.165) is 10.2 Å². The molecule has 0 radical (unpaired) electrons. The standard InChI is InChI=1S/C13H20BrNO4/c1-16-4-5-17-6-7-18-8-9-19-11-12-2-3-13(14)15-10-12/h2-3,10H,4-9,11H2,1H3. The van der Waals surface area contributed by atoms with Gasteiger partial charge in [0.15, 0.2) is 0 Å². The highest BCUT2D eigenvalue weighted by Crippen LogP contribution is 2.06. The van der Waals surface area contributed by atoms with E-state index in [9.17, 15) is 0 Å². The van der Waals surface area contributed by atoms with Crippen molar-refractivity contribution in [3.05, 3.63) is 28.5 Å². The highest BCUT2D eigenvalue weighted by Gasteiger charge is 1.95. The van der Waals surface area contributed by atoms with Gasteiger partial charge in [0.1, 0.15) is 4.60 Å². The Balaban J connectivity index is 1.87. The number of nitrogens with zero attached hydrogens (tertiary/aromatic N) is 1. The van der Waals surface area contributed by atoms with Crippen molar-refractivity contribution in [1.82, 2.24) is 4.98 Å². The van der Waals surface area contributed by atoms with Crippen molar-refractivity contribution in [2.24, 2.45) is 0 Å². The Morgan fingerprint density at radius 3 is 2.16 bits per heavy atom. The minimum Gasteiger partial charge on any atom is -0.382 e. The molecule has 108 valence electrons. The van der Waals surface area contributed by atoms with Crippen molar-refractivity contribution in [3.63, 3.8) is 0 Å². The van der Waals surface area contributed by atoms with Gasteiger partial charge in [-0.2, -0.15) is 0 Å². The number of hydrogen-bond acceptors (Lipinski definition) is 5. The molecule has 0 aliphatic carbocycles. The first-order chi connectivity index (χ1) is 9.33. The van der Waals surface area contributed by atoms with E-state index >= 15 is 0 Å². The van der Waals surface area contributed by atoms with Crippen LogP contribution in [0.2, 0.25) is 0 Å². The average molecular weight is 334 g/mol. The molecule has 0 atom stereocenters. The van der Waals surface area contributed by atoms with Gasteiger partial charge in [0.2, 0.25) is 0 Å². The summed E-state index contributed by atoms with van der Waals surface area (Å²) in [5.41, 5.74) is 1.05. The first-order valence-corrected chi connectivity index (χ1v) is 6.95. The lowest BCUT2D eigenvalue weighted by Crippen LogP contribution is -2.11. The molecule has 0 amide bonds. The number of pyridine rings is 1. The molecule has 1 aromatic heterocycles. The molecule has 0 aromatic carbocycles. The number of methoxy groups -OCH3 is 1. The number of halogens is 1. The van der Waals surface area contributed by atoms with Crippen LogP contribution >= 0.6 is 15.9 Å². The van der Waals surface area contributed by atoms with E-state index in [2.05, 4.69) is 20.9 Å². The molecule has 1 heterocycles. The summed E-state index contributed by atoms with van der Waals surface area (Å²) in [5, 5.41) is 0. The lowest BCUT2D eigenvalue weighted by atomic mass is 10.3. The van der Waals surface area contributed by atoms with Gasteiger partial charge < -0.3 is 18.9 Å². The quantitative estimate of drug-likeness (QED) is 0.458. The third-order valence-corrected chi connectivity index (χ3v) is 2.70. The van der Waals surface area contributed by atoms with Gasteiger partial charge >= 0.3 is 0 Å². The van der Waals surface area contributed by atoms with Gasteiger partial charge in [-0.25, -0.2) is 4.98 Å². The van der Waals surface area contributed by atoms with Crippen molar-refractivity contribution in [3.8, 4) is 0 Å². The normalized spacial score (nSPS) is 10.8. The second-order valence-electron chi connectivity index (χ2n) is 3.76. The SMILES string of the molecule is COCCOCCOCCOCc1ccc(Br)nc1. The molecule has 5 nitrogen and oxygen atoms in total. The minimum atomic E-state index is 0.550. The van der Waals surface area contributed by atoms with Crippen LogP contribution in [-0.4, -0.2) is 51.7 Å². The van der Waals surface area contributed by atoms with Crippen LogP contribution in [0.15, 0.2) is 22.9 Å². The second-order valence-corrected chi connectivity index (χ2v) is 4.57. The summed E-state index contributed by atoms with van der Waals surface area (Å²) in [6.07, 6.45) is 1.79. The number of aromatic nitrogens is 1. The number of rotatable bonds is 11. The Hall–Kier alpha value is -0.530. The van der Waals surface area contributed by atoms with Gasteiger partial charge in [-0.1, -0.05) is 6.07 Å². The van der Waals surface area contributed by atoms with E-state index in [0.29, 0.717) is 46.2 Å². The maximum absolute atomic E-state index is 5.46. The predicted molar refractivity (Wildman–Crippen MR) is 75.1 cm³/mol. The average Bonchev–Trinajstić information content (AvgIpc) is 2.43. The van der Waals surface area contributed by atoms with Crippen molar-refractivity contribution >= 4 is 15.9 Å². The molecular weight excluding hydrogens is 314 g/mol. The fraction of sp³-hybridized carbons (Fsp3) is 0.615. The third kappa shape index (κ3) is 9.07. The van der Waals surface area contributed by atoms with Crippen LogP contribution in [0.5, 0.6) is 0 Å². The van der Waals surface area contributed by atoms with Gasteiger partial charge in [0, 0.05) is 13.3 Å². The molecule has 0 spiro atoms. The molecular formula is C13H20BrNO4. The van der Waals surface area contributed by atoms with Crippen molar-refractivity contribution < 1.29 is 18.9 Å². The summed E-state index contributed by atoms with van der Waals surface area (Å²) in [7, 11) is 1.65. The predicted octanol–water partition coefficient (Wildman–Crippen LogP) is 2.04. The molecule has 0 saturated carbocycles. The van der Waals surface area contributed by atoms with E-state index in [1.807, 2.05) is 12.1 Å². The molecule has 0 aliphatic rings. The second kappa shape index (κ2) is 11.3. The van der Waals surface area contributed by atoms with Crippen LogP contribution in [0.4, 0.5) is 0 Å². The molecule has 0 saturated heterocycles. The van der Waals surface area contributed by atoms with Crippen LogP contribution in [-0.2, 0) is 25.6 Å². The van der Waals surface area contributed by atoms with Gasteiger partial charge in [-0.05, 0) is 27.6 Å². The lowest BCUT2D eigenvalue weighted by Gasteiger charge is -2.06. The molecule has 6 heteroatoms. The first kappa shape index (κ1) is 16.5. The van der Waals surface area contributed by atoms with Crippen LogP contribution in [0, 0.1) is 0 Å². The molecule has 0 fully saturated rings. The Morgan fingerprint density at radius 1 is 0.947 bits per heavy atom. The summed E-state index contributed by atoms with van der Waals surface area (Å²) in [4.78, 5) is 4.12. The third-order valence-electron chi connectivity index (χ3n) is 2.23. The van der Waals surface area contributed by atoms with Crippen LogP contribution in [0.3, 0.4) is 0 Å². The molecule has 0 aliphatic heterocycles. The Bertz CT molecular complexity index is 321. The van der Waals surface area contributed by atoms with Crippen molar-refractivity contribution in [2.45, 2.75) is 6.61 Å². The molecule has 0 N–H and O–H groups in total. The zero-order valence-corrected chi connectivity index (χ0v) is 12.7. The fourth-order valence-corrected chi connectivity index (χ4v) is 1.50. The van der Waals surface area contributed by atoms with E-state index in [1.165, 1.54) is 0 Å². The number of hydrogen-bond donors (Lipinski definition) is 0.